The molecular weight excluding hydrogens is 272 g/mol. The molecule has 1 aliphatic rings. The van der Waals surface area contributed by atoms with Crippen LogP contribution in [0.15, 0.2) is 27.1 Å². The summed E-state index contributed by atoms with van der Waals surface area (Å²) in [7, 11) is 0. The molecule has 1 saturated carbocycles. The molecule has 0 amide bonds. The maximum absolute atomic E-state index is 5.30. The molecule has 5 nitrogen and oxygen atoms in total. The number of nitrogens with one attached hydrogen (secondary N) is 1. The number of hydrogen-bond donors (Lipinski definition) is 1. The molecule has 106 valence electrons. The highest BCUT2D eigenvalue weighted by Gasteiger charge is 2.28. The summed E-state index contributed by atoms with van der Waals surface area (Å²) in [4.78, 5) is 13.5. The van der Waals surface area contributed by atoms with Crippen LogP contribution in [0.2, 0.25) is 0 Å². The fourth-order valence-electron chi connectivity index (χ4n) is 1.90. The van der Waals surface area contributed by atoms with Crippen molar-refractivity contribution in [2.24, 2.45) is 0 Å². The van der Waals surface area contributed by atoms with Crippen molar-refractivity contribution in [1.29, 1.82) is 0 Å². The van der Waals surface area contributed by atoms with Crippen molar-refractivity contribution in [3.8, 4) is 0 Å². The number of anilines is 1. The van der Waals surface area contributed by atoms with E-state index in [4.69, 9.17) is 4.42 Å². The summed E-state index contributed by atoms with van der Waals surface area (Å²) in [5, 5.41) is 4.94. The fraction of sp³-hybridized carbons (Fsp3) is 0.500. The number of nitrogens with zero attached hydrogens (tertiary/aromatic N) is 3. The van der Waals surface area contributed by atoms with E-state index in [1.807, 2.05) is 6.92 Å². The highest BCUT2D eigenvalue weighted by atomic mass is 32.2. The first-order valence-electron chi connectivity index (χ1n) is 6.97. The van der Waals surface area contributed by atoms with Gasteiger partial charge in [-0.15, -0.1) is 0 Å². The van der Waals surface area contributed by atoms with E-state index in [-0.39, 0.29) is 0 Å². The third-order valence-electron chi connectivity index (χ3n) is 3.20. The molecule has 0 aromatic carbocycles. The van der Waals surface area contributed by atoms with Gasteiger partial charge in [-0.25, -0.2) is 15.0 Å². The summed E-state index contributed by atoms with van der Waals surface area (Å²) in [6.45, 7) is 5.11. The number of hydrogen-bond acceptors (Lipinski definition) is 6. The Balaban J connectivity index is 1.91. The van der Waals surface area contributed by atoms with Crippen LogP contribution in [-0.4, -0.2) is 21.5 Å². The summed E-state index contributed by atoms with van der Waals surface area (Å²) < 4.78 is 5.30. The Hall–Kier alpha value is -1.56. The van der Waals surface area contributed by atoms with Gasteiger partial charge in [0, 0.05) is 18.0 Å². The third kappa shape index (κ3) is 2.95. The van der Waals surface area contributed by atoms with E-state index in [1.165, 1.54) is 24.6 Å². The van der Waals surface area contributed by atoms with Crippen LogP contribution in [0, 0.1) is 6.92 Å². The van der Waals surface area contributed by atoms with Crippen molar-refractivity contribution in [2.75, 3.05) is 11.9 Å². The van der Waals surface area contributed by atoms with E-state index in [1.54, 1.807) is 12.5 Å². The quantitative estimate of drug-likeness (QED) is 0.820. The predicted octanol–water partition coefficient (Wildman–Crippen LogP) is 3.62. The molecule has 6 heteroatoms. The van der Waals surface area contributed by atoms with E-state index in [0.717, 1.165) is 35.2 Å². The van der Waals surface area contributed by atoms with Crippen molar-refractivity contribution in [3.63, 3.8) is 0 Å². The highest BCUT2D eigenvalue weighted by molar-refractivity contribution is 7.99. The molecule has 0 saturated heterocycles. The maximum Gasteiger partial charge on any atom is 0.261 e. The molecule has 0 atom stereocenters. The normalized spacial score (nSPS) is 14.5. The molecule has 0 bridgehead atoms. The molecule has 0 radical (unpaired) electrons. The lowest BCUT2D eigenvalue weighted by Crippen LogP contribution is -2.08. The highest BCUT2D eigenvalue weighted by Crippen LogP contribution is 2.40. The van der Waals surface area contributed by atoms with Gasteiger partial charge in [0.05, 0.1) is 6.20 Å². The fourth-order valence-corrected chi connectivity index (χ4v) is 2.67. The van der Waals surface area contributed by atoms with E-state index >= 15 is 0 Å². The zero-order chi connectivity index (χ0) is 13.9. The van der Waals surface area contributed by atoms with Crippen molar-refractivity contribution in [1.82, 2.24) is 15.0 Å². The van der Waals surface area contributed by atoms with Crippen LogP contribution in [0.5, 0.6) is 0 Å². The Morgan fingerprint density at radius 2 is 2.25 bits per heavy atom. The maximum atomic E-state index is 5.30. The van der Waals surface area contributed by atoms with Crippen LogP contribution in [0.25, 0.3) is 0 Å². The molecule has 20 heavy (non-hydrogen) atoms. The van der Waals surface area contributed by atoms with Crippen LogP contribution < -0.4 is 5.32 Å². The van der Waals surface area contributed by atoms with Gasteiger partial charge in [0.1, 0.15) is 22.9 Å². The van der Waals surface area contributed by atoms with Crippen molar-refractivity contribution >= 4 is 17.6 Å². The van der Waals surface area contributed by atoms with E-state index in [0.29, 0.717) is 11.1 Å². The van der Waals surface area contributed by atoms with Gasteiger partial charge in [-0.3, -0.25) is 0 Å². The molecule has 2 aromatic heterocycles. The van der Waals surface area contributed by atoms with E-state index < -0.39 is 0 Å². The molecule has 0 unspecified atom stereocenters. The Bertz CT molecular complexity index is 581. The molecule has 0 aliphatic heterocycles. The Labute approximate surface area is 122 Å². The van der Waals surface area contributed by atoms with Gasteiger partial charge in [0.2, 0.25) is 0 Å². The molecular formula is C14H18N4OS. The Morgan fingerprint density at radius 3 is 2.90 bits per heavy atom. The average molecular weight is 290 g/mol. The summed E-state index contributed by atoms with van der Waals surface area (Å²) in [6, 6.07) is 0. The van der Waals surface area contributed by atoms with Gasteiger partial charge >= 0.3 is 0 Å². The standard InChI is InChI=1S/C14H18N4OS/c1-3-6-15-11-9(2)13(20-14-16-7-8-19-14)18-12(17-11)10-4-5-10/h7-8,10H,3-6H2,1-2H3,(H,15,17,18). The van der Waals surface area contributed by atoms with Crippen molar-refractivity contribution in [2.45, 2.75) is 49.3 Å². The molecule has 2 aromatic rings. The van der Waals surface area contributed by atoms with Crippen LogP contribution in [0.4, 0.5) is 5.82 Å². The van der Waals surface area contributed by atoms with Gasteiger partial charge in [-0.05, 0) is 37.9 Å². The van der Waals surface area contributed by atoms with Crippen molar-refractivity contribution < 1.29 is 4.42 Å². The minimum Gasteiger partial charge on any atom is -0.440 e. The summed E-state index contributed by atoms with van der Waals surface area (Å²) in [6.07, 6.45) is 6.69. The molecule has 2 heterocycles. The largest absolute Gasteiger partial charge is 0.440 e. The summed E-state index contributed by atoms with van der Waals surface area (Å²) in [5.74, 6) is 2.42. The SMILES string of the molecule is CCCNc1nc(C2CC2)nc(Sc2ncco2)c1C. The first kappa shape index (κ1) is 13.4. The molecule has 3 rings (SSSR count). The Morgan fingerprint density at radius 1 is 1.40 bits per heavy atom. The minimum atomic E-state index is 0.529. The zero-order valence-electron chi connectivity index (χ0n) is 11.7. The average Bonchev–Trinajstić information content (AvgIpc) is 3.18. The van der Waals surface area contributed by atoms with Gasteiger partial charge in [0.15, 0.2) is 0 Å². The molecule has 1 aliphatic carbocycles. The van der Waals surface area contributed by atoms with E-state index in [2.05, 4.69) is 27.2 Å². The van der Waals surface area contributed by atoms with Crippen LogP contribution >= 0.6 is 11.8 Å². The zero-order valence-corrected chi connectivity index (χ0v) is 12.5. The van der Waals surface area contributed by atoms with Gasteiger partial charge < -0.3 is 9.73 Å². The second kappa shape index (κ2) is 5.83. The number of rotatable bonds is 6. The lowest BCUT2D eigenvalue weighted by atomic mass is 10.3. The Kier molecular flexibility index (Phi) is 3.91. The predicted molar refractivity (Wildman–Crippen MR) is 78.2 cm³/mol. The molecule has 1 fully saturated rings. The lowest BCUT2D eigenvalue weighted by Gasteiger charge is -2.12. The van der Waals surface area contributed by atoms with Crippen LogP contribution in [0.3, 0.4) is 0 Å². The smallest absolute Gasteiger partial charge is 0.261 e. The van der Waals surface area contributed by atoms with E-state index in [9.17, 15) is 0 Å². The van der Waals surface area contributed by atoms with Gasteiger partial charge in [-0.2, -0.15) is 0 Å². The number of oxazole rings is 1. The van der Waals surface area contributed by atoms with Crippen LogP contribution in [0.1, 0.15) is 43.5 Å². The van der Waals surface area contributed by atoms with Crippen molar-refractivity contribution in [3.05, 3.63) is 23.8 Å². The number of aromatic nitrogens is 3. The second-order valence-electron chi connectivity index (χ2n) is 4.96. The second-order valence-corrected chi connectivity index (χ2v) is 5.90. The van der Waals surface area contributed by atoms with Gasteiger partial charge in [0.25, 0.3) is 5.22 Å². The lowest BCUT2D eigenvalue weighted by molar-refractivity contribution is 0.454. The minimum absolute atomic E-state index is 0.529. The monoisotopic (exact) mass is 290 g/mol. The first-order valence-corrected chi connectivity index (χ1v) is 7.79. The third-order valence-corrected chi connectivity index (χ3v) is 4.16. The van der Waals surface area contributed by atoms with Gasteiger partial charge in [-0.1, -0.05) is 6.92 Å². The summed E-state index contributed by atoms with van der Waals surface area (Å²) in [5.41, 5.74) is 1.06. The molecule has 0 spiro atoms. The molecule has 1 N–H and O–H groups in total. The topological polar surface area (TPSA) is 63.8 Å². The van der Waals surface area contributed by atoms with Crippen LogP contribution in [-0.2, 0) is 0 Å². The first-order chi connectivity index (χ1) is 9.78. The summed E-state index contributed by atoms with van der Waals surface area (Å²) >= 11 is 1.46.